The third-order valence-corrected chi connectivity index (χ3v) is 5.98. The van der Waals surface area contributed by atoms with E-state index in [0.29, 0.717) is 30.2 Å². The zero-order chi connectivity index (χ0) is 25.0. The van der Waals surface area contributed by atoms with E-state index in [4.69, 9.17) is 25.7 Å². The number of rotatable bonds is 11. The lowest BCUT2D eigenvalue weighted by Crippen LogP contribution is -2.29. The van der Waals surface area contributed by atoms with Crippen LogP contribution < -0.4 is 16.2 Å². The van der Waals surface area contributed by atoms with Crippen molar-refractivity contribution in [3.8, 4) is 5.75 Å². The van der Waals surface area contributed by atoms with Crippen molar-refractivity contribution in [2.45, 2.75) is 44.6 Å². The first kappa shape index (κ1) is 26.0. The summed E-state index contributed by atoms with van der Waals surface area (Å²) in [6.45, 7) is 4.59. The highest BCUT2D eigenvalue weighted by atomic mass is 16.5. The fourth-order valence-electron chi connectivity index (χ4n) is 3.94. The first-order valence-electron chi connectivity index (χ1n) is 12.0. The van der Waals surface area contributed by atoms with Gasteiger partial charge in [0.15, 0.2) is 0 Å². The Labute approximate surface area is 206 Å². The Morgan fingerprint density at radius 2 is 1.74 bits per heavy atom. The van der Waals surface area contributed by atoms with Crippen LogP contribution in [0.3, 0.4) is 0 Å². The van der Waals surface area contributed by atoms with E-state index in [1.807, 2.05) is 12.1 Å². The third kappa shape index (κ3) is 8.61. The number of carbonyl (C=O) groups excluding carboxylic acids is 2. The molecule has 1 fully saturated rings. The van der Waals surface area contributed by atoms with E-state index in [9.17, 15) is 9.59 Å². The van der Waals surface area contributed by atoms with Crippen LogP contribution in [-0.4, -0.2) is 31.3 Å². The predicted molar refractivity (Wildman–Crippen MR) is 138 cm³/mol. The highest BCUT2D eigenvalue weighted by Crippen LogP contribution is 2.28. The van der Waals surface area contributed by atoms with E-state index in [-0.39, 0.29) is 24.6 Å². The molecule has 1 saturated carbocycles. The lowest BCUT2D eigenvalue weighted by molar-refractivity contribution is -0.141. The number of esters is 2. The topological polar surface area (TPSA) is 114 Å². The van der Waals surface area contributed by atoms with Crippen molar-refractivity contribution in [3.63, 3.8) is 0 Å². The number of hydrogen-bond acceptors (Lipinski definition) is 7. The monoisotopic (exact) mass is 478 g/mol. The SMILES string of the molecule is C=CCCOC1CCC(C(=O)Oc2ccc(/C=C/C(=O)OCCc3ccc(N)cc3N)cc2)CC1. The van der Waals surface area contributed by atoms with E-state index in [1.54, 1.807) is 42.5 Å². The maximum Gasteiger partial charge on any atom is 0.330 e. The smallest absolute Gasteiger partial charge is 0.330 e. The highest BCUT2D eigenvalue weighted by molar-refractivity contribution is 5.87. The second-order valence-corrected chi connectivity index (χ2v) is 8.62. The van der Waals surface area contributed by atoms with E-state index in [1.165, 1.54) is 6.08 Å². The molecule has 0 unspecified atom stereocenters. The molecule has 2 aromatic carbocycles. The van der Waals surface area contributed by atoms with Gasteiger partial charge >= 0.3 is 11.9 Å². The number of ether oxygens (including phenoxy) is 3. The molecule has 0 aromatic heterocycles. The Balaban J connectivity index is 1.38. The van der Waals surface area contributed by atoms with Crippen molar-refractivity contribution in [3.05, 3.63) is 72.3 Å². The summed E-state index contributed by atoms with van der Waals surface area (Å²) in [6.07, 6.45) is 9.70. The zero-order valence-corrected chi connectivity index (χ0v) is 20.0. The lowest BCUT2D eigenvalue weighted by Gasteiger charge is -2.27. The summed E-state index contributed by atoms with van der Waals surface area (Å²) in [5, 5.41) is 0. The number of nitrogen functional groups attached to an aromatic ring is 2. The number of benzene rings is 2. The molecule has 0 spiro atoms. The summed E-state index contributed by atoms with van der Waals surface area (Å²) in [6, 6.07) is 12.3. The molecule has 1 aliphatic rings. The van der Waals surface area contributed by atoms with Crippen molar-refractivity contribution in [1.29, 1.82) is 0 Å². The minimum absolute atomic E-state index is 0.104. The van der Waals surface area contributed by atoms with Crippen LogP contribution in [0, 0.1) is 5.92 Å². The predicted octanol–water partition coefficient (Wildman–Crippen LogP) is 4.71. The van der Waals surface area contributed by atoms with Gasteiger partial charge in [-0.3, -0.25) is 4.79 Å². The Hall–Kier alpha value is -3.58. The molecule has 0 saturated heterocycles. The molecule has 0 amide bonds. The molecule has 7 nitrogen and oxygen atoms in total. The van der Waals surface area contributed by atoms with Crippen LogP contribution in [0.25, 0.3) is 6.08 Å². The van der Waals surface area contributed by atoms with Gasteiger partial charge in [0.25, 0.3) is 0 Å². The standard InChI is InChI=1S/C28H34N2O5/c1-2-3-17-33-24-13-8-22(9-14-24)28(32)35-25-11-4-20(5-12-25)6-15-27(31)34-18-16-21-7-10-23(29)19-26(21)30/h2,4-7,10-12,15,19,22,24H,1,3,8-9,13-14,16-18,29-30H2/b15-6+. The average Bonchev–Trinajstić information content (AvgIpc) is 2.85. The molecule has 35 heavy (non-hydrogen) atoms. The molecule has 0 atom stereocenters. The number of nitrogens with two attached hydrogens (primary N) is 2. The molecule has 186 valence electrons. The molecule has 0 heterocycles. The van der Waals surface area contributed by atoms with Gasteiger partial charge < -0.3 is 25.7 Å². The average molecular weight is 479 g/mol. The van der Waals surface area contributed by atoms with Crippen LogP contribution in [0.2, 0.25) is 0 Å². The molecular formula is C28H34N2O5. The largest absolute Gasteiger partial charge is 0.462 e. The van der Waals surface area contributed by atoms with Gasteiger partial charge in [0, 0.05) is 23.9 Å². The summed E-state index contributed by atoms with van der Waals surface area (Å²) in [5.74, 6) is -0.269. The van der Waals surface area contributed by atoms with Gasteiger partial charge in [-0.05, 0) is 73.6 Å². The van der Waals surface area contributed by atoms with Crippen LogP contribution in [0.4, 0.5) is 11.4 Å². The minimum atomic E-state index is -0.446. The van der Waals surface area contributed by atoms with Gasteiger partial charge in [-0.1, -0.05) is 24.3 Å². The van der Waals surface area contributed by atoms with E-state index < -0.39 is 5.97 Å². The Morgan fingerprint density at radius 3 is 2.43 bits per heavy atom. The molecule has 0 radical (unpaired) electrons. The molecule has 2 aromatic rings. The Kier molecular flexibility index (Phi) is 9.93. The maximum absolute atomic E-state index is 12.5. The summed E-state index contributed by atoms with van der Waals surface area (Å²) in [5.41, 5.74) is 14.4. The van der Waals surface area contributed by atoms with Crippen LogP contribution in [0.5, 0.6) is 5.75 Å². The van der Waals surface area contributed by atoms with Gasteiger partial charge in [-0.25, -0.2) is 4.79 Å². The van der Waals surface area contributed by atoms with Crippen molar-refractivity contribution in [2.24, 2.45) is 5.92 Å². The molecule has 3 rings (SSSR count). The first-order chi connectivity index (χ1) is 16.9. The van der Waals surface area contributed by atoms with Crippen LogP contribution in [-0.2, 0) is 25.5 Å². The van der Waals surface area contributed by atoms with E-state index in [0.717, 1.165) is 43.2 Å². The molecule has 4 N–H and O–H groups in total. The lowest BCUT2D eigenvalue weighted by atomic mass is 9.87. The fraction of sp³-hybridized carbons (Fsp3) is 0.357. The van der Waals surface area contributed by atoms with Crippen molar-refractivity contribution >= 4 is 29.4 Å². The fourth-order valence-corrected chi connectivity index (χ4v) is 3.94. The van der Waals surface area contributed by atoms with Gasteiger partial charge in [0.05, 0.1) is 25.2 Å². The maximum atomic E-state index is 12.5. The van der Waals surface area contributed by atoms with E-state index >= 15 is 0 Å². The van der Waals surface area contributed by atoms with Crippen LogP contribution in [0.1, 0.15) is 43.2 Å². The summed E-state index contributed by atoms with van der Waals surface area (Å²) < 4.78 is 16.6. The second-order valence-electron chi connectivity index (χ2n) is 8.62. The van der Waals surface area contributed by atoms with Gasteiger partial charge in [0.1, 0.15) is 5.75 Å². The Morgan fingerprint density at radius 1 is 1.00 bits per heavy atom. The summed E-state index contributed by atoms with van der Waals surface area (Å²) in [7, 11) is 0. The molecule has 1 aliphatic carbocycles. The van der Waals surface area contributed by atoms with Crippen LogP contribution in [0.15, 0.2) is 61.2 Å². The normalized spacial score (nSPS) is 17.7. The van der Waals surface area contributed by atoms with Crippen LogP contribution >= 0.6 is 0 Å². The molecule has 7 heteroatoms. The molecular weight excluding hydrogens is 444 g/mol. The van der Waals surface area contributed by atoms with Gasteiger partial charge in [0.2, 0.25) is 0 Å². The second kappa shape index (κ2) is 13.3. The summed E-state index contributed by atoms with van der Waals surface area (Å²) >= 11 is 0. The third-order valence-electron chi connectivity index (χ3n) is 5.98. The van der Waals surface area contributed by atoms with Crippen molar-refractivity contribution < 1.29 is 23.8 Å². The molecule has 0 bridgehead atoms. The van der Waals surface area contributed by atoms with Gasteiger partial charge in [-0.2, -0.15) is 0 Å². The number of hydrogen-bond donors (Lipinski definition) is 2. The number of carbonyl (C=O) groups is 2. The highest BCUT2D eigenvalue weighted by Gasteiger charge is 2.28. The van der Waals surface area contributed by atoms with Crippen molar-refractivity contribution in [2.75, 3.05) is 24.7 Å². The number of anilines is 2. The summed E-state index contributed by atoms with van der Waals surface area (Å²) in [4.78, 5) is 24.5. The first-order valence-corrected chi connectivity index (χ1v) is 12.0. The minimum Gasteiger partial charge on any atom is -0.462 e. The van der Waals surface area contributed by atoms with Gasteiger partial charge in [-0.15, -0.1) is 6.58 Å². The van der Waals surface area contributed by atoms with E-state index in [2.05, 4.69) is 6.58 Å². The van der Waals surface area contributed by atoms with Crippen molar-refractivity contribution in [1.82, 2.24) is 0 Å². The zero-order valence-electron chi connectivity index (χ0n) is 20.0. The molecule has 0 aliphatic heterocycles. The quantitative estimate of drug-likeness (QED) is 0.120. The Bertz CT molecular complexity index is 1020.